The second kappa shape index (κ2) is 7.20. The first-order valence-electron chi connectivity index (χ1n) is 6.79. The lowest BCUT2D eigenvalue weighted by molar-refractivity contribution is 0.302. The highest BCUT2D eigenvalue weighted by Crippen LogP contribution is 2.33. The van der Waals surface area contributed by atoms with Gasteiger partial charge in [-0.2, -0.15) is 0 Å². The van der Waals surface area contributed by atoms with Crippen LogP contribution in [0.5, 0.6) is 17.2 Å². The Kier molecular flexibility index (Phi) is 5.31. The standard InChI is InChI=1S/C17H19ClO2/c1-3-10-19-16-6-4-5-7-17(16)20-15-9-8-13(2)11-14(15)12-18/h4-9,11H,3,10,12H2,1-2H3. The maximum atomic E-state index is 5.98. The normalized spacial score (nSPS) is 10.3. The number of aryl methyl sites for hydroxylation is 1. The fraction of sp³-hybridized carbons (Fsp3) is 0.294. The van der Waals surface area contributed by atoms with Crippen molar-refractivity contribution < 1.29 is 9.47 Å². The van der Waals surface area contributed by atoms with Crippen molar-refractivity contribution in [1.29, 1.82) is 0 Å². The van der Waals surface area contributed by atoms with E-state index in [1.165, 1.54) is 5.56 Å². The van der Waals surface area contributed by atoms with E-state index in [2.05, 4.69) is 6.92 Å². The lowest BCUT2D eigenvalue weighted by atomic mass is 10.1. The van der Waals surface area contributed by atoms with Gasteiger partial charge in [0.2, 0.25) is 0 Å². The summed E-state index contributed by atoms with van der Waals surface area (Å²) >= 11 is 5.98. The molecule has 0 N–H and O–H groups in total. The second-order valence-electron chi connectivity index (χ2n) is 4.64. The smallest absolute Gasteiger partial charge is 0.169 e. The average Bonchev–Trinajstić information content (AvgIpc) is 2.48. The van der Waals surface area contributed by atoms with Crippen LogP contribution in [-0.4, -0.2) is 6.61 Å². The zero-order valence-corrected chi connectivity index (χ0v) is 12.6. The molecule has 106 valence electrons. The highest BCUT2D eigenvalue weighted by molar-refractivity contribution is 6.17. The molecule has 2 aromatic rings. The van der Waals surface area contributed by atoms with Crippen LogP contribution in [0.15, 0.2) is 42.5 Å². The molecule has 0 saturated carbocycles. The van der Waals surface area contributed by atoms with Crippen molar-refractivity contribution in [3.8, 4) is 17.2 Å². The molecule has 0 unspecified atom stereocenters. The van der Waals surface area contributed by atoms with Crippen molar-refractivity contribution in [2.24, 2.45) is 0 Å². The van der Waals surface area contributed by atoms with E-state index in [1.807, 2.05) is 49.4 Å². The van der Waals surface area contributed by atoms with Gasteiger partial charge in [0, 0.05) is 5.56 Å². The molecule has 0 bridgehead atoms. The minimum Gasteiger partial charge on any atom is -0.490 e. The highest BCUT2D eigenvalue weighted by atomic mass is 35.5. The van der Waals surface area contributed by atoms with Crippen LogP contribution in [0.1, 0.15) is 24.5 Å². The van der Waals surface area contributed by atoms with E-state index >= 15 is 0 Å². The molecule has 0 aromatic heterocycles. The monoisotopic (exact) mass is 290 g/mol. The predicted octanol–water partition coefficient (Wildman–Crippen LogP) is 5.31. The van der Waals surface area contributed by atoms with Crippen molar-refractivity contribution in [2.75, 3.05) is 6.61 Å². The van der Waals surface area contributed by atoms with E-state index in [1.54, 1.807) is 0 Å². The van der Waals surface area contributed by atoms with Crippen molar-refractivity contribution in [3.05, 3.63) is 53.6 Å². The van der Waals surface area contributed by atoms with Gasteiger partial charge >= 0.3 is 0 Å². The van der Waals surface area contributed by atoms with Gasteiger partial charge in [0.15, 0.2) is 11.5 Å². The lowest BCUT2D eigenvalue weighted by Gasteiger charge is -2.14. The number of alkyl halides is 1. The summed E-state index contributed by atoms with van der Waals surface area (Å²) in [5.74, 6) is 2.68. The lowest BCUT2D eigenvalue weighted by Crippen LogP contribution is -1.98. The van der Waals surface area contributed by atoms with Crippen LogP contribution < -0.4 is 9.47 Å². The zero-order chi connectivity index (χ0) is 14.4. The third-order valence-corrected chi connectivity index (χ3v) is 3.18. The number of para-hydroxylation sites is 2. The molecule has 0 radical (unpaired) electrons. The summed E-state index contributed by atoms with van der Waals surface area (Å²) in [6, 6.07) is 13.7. The van der Waals surface area contributed by atoms with Gasteiger partial charge in [-0.1, -0.05) is 36.8 Å². The Balaban J connectivity index is 2.25. The summed E-state index contributed by atoms with van der Waals surface area (Å²) in [6.45, 7) is 4.80. The van der Waals surface area contributed by atoms with Crippen LogP contribution in [0.25, 0.3) is 0 Å². The molecular formula is C17H19ClO2. The maximum absolute atomic E-state index is 5.98. The van der Waals surface area contributed by atoms with Crippen LogP contribution in [-0.2, 0) is 5.88 Å². The summed E-state index contributed by atoms with van der Waals surface area (Å²) in [6.07, 6.45) is 0.964. The van der Waals surface area contributed by atoms with Crippen molar-refractivity contribution >= 4 is 11.6 Å². The van der Waals surface area contributed by atoms with Crippen LogP contribution in [0, 0.1) is 6.92 Å². The fourth-order valence-corrected chi connectivity index (χ4v) is 2.11. The largest absolute Gasteiger partial charge is 0.490 e. The third-order valence-electron chi connectivity index (χ3n) is 2.89. The Hall–Kier alpha value is -1.67. The number of rotatable bonds is 6. The minimum atomic E-state index is 0.426. The number of benzene rings is 2. The van der Waals surface area contributed by atoms with Crippen molar-refractivity contribution in [1.82, 2.24) is 0 Å². The van der Waals surface area contributed by atoms with E-state index in [9.17, 15) is 0 Å². The molecule has 0 amide bonds. The Labute approximate surface area is 125 Å². The SMILES string of the molecule is CCCOc1ccccc1Oc1ccc(C)cc1CCl. The maximum Gasteiger partial charge on any atom is 0.169 e. The van der Waals surface area contributed by atoms with E-state index in [-0.39, 0.29) is 0 Å². The molecule has 2 nitrogen and oxygen atoms in total. The Morgan fingerprint density at radius 1 is 1.00 bits per heavy atom. The molecule has 3 heteroatoms. The summed E-state index contributed by atoms with van der Waals surface area (Å²) in [5.41, 5.74) is 2.15. The molecule has 0 aliphatic carbocycles. The quantitative estimate of drug-likeness (QED) is 0.671. The highest BCUT2D eigenvalue weighted by Gasteiger charge is 2.09. The van der Waals surface area contributed by atoms with Crippen molar-refractivity contribution in [3.63, 3.8) is 0 Å². The van der Waals surface area contributed by atoms with Gasteiger partial charge in [-0.3, -0.25) is 0 Å². The molecule has 0 atom stereocenters. The molecule has 0 spiro atoms. The van der Waals surface area contributed by atoms with Gasteiger partial charge < -0.3 is 9.47 Å². The molecule has 2 rings (SSSR count). The summed E-state index contributed by atoms with van der Waals surface area (Å²) < 4.78 is 11.7. The Morgan fingerprint density at radius 2 is 1.75 bits per heavy atom. The first-order valence-corrected chi connectivity index (χ1v) is 7.33. The fourth-order valence-electron chi connectivity index (χ4n) is 1.90. The molecule has 0 fully saturated rings. The summed E-state index contributed by atoms with van der Waals surface area (Å²) in [7, 11) is 0. The van der Waals surface area contributed by atoms with Gasteiger partial charge in [0.25, 0.3) is 0 Å². The van der Waals surface area contributed by atoms with Crippen LogP contribution in [0.3, 0.4) is 0 Å². The van der Waals surface area contributed by atoms with Gasteiger partial charge in [0.05, 0.1) is 12.5 Å². The van der Waals surface area contributed by atoms with Crippen molar-refractivity contribution in [2.45, 2.75) is 26.1 Å². The Bertz CT molecular complexity index is 567. The molecular weight excluding hydrogens is 272 g/mol. The van der Waals surface area contributed by atoms with E-state index in [0.717, 1.165) is 29.2 Å². The number of hydrogen-bond donors (Lipinski definition) is 0. The first kappa shape index (κ1) is 14.7. The zero-order valence-electron chi connectivity index (χ0n) is 11.9. The Morgan fingerprint density at radius 3 is 2.45 bits per heavy atom. The van der Waals surface area contributed by atoms with E-state index in [4.69, 9.17) is 21.1 Å². The van der Waals surface area contributed by atoms with Gasteiger partial charge in [-0.25, -0.2) is 0 Å². The molecule has 0 aliphatic heterocycles. The first-order chi connectivity index (χ1) is 9.74. The number of hydrogen-bond acceptors (Lipinski definition) is 2. The molecule has 0 saturated heterocycles. The summed E-state index contributed by atoms with van der Waals surface area (Å²) in [4.78, 5) is 0. The minimum absolute atomic E-state index is 0.426. The topological polar surface area (TPSA) is 18.5 Å². The van der Waals surface area contributed by atoms with E-state index in [0.29, 0.717) is 12.5 Å². The van der Waals surface area contributed by atoms with Gasteiger partial charge in [-0.05, 0) is 31.5 Å². The number of ether oxygens (including phenoxy) is 2. The van der Waals surface area contributed by atoms with Gasteiger partial charge in [0.1, 0.15) is 5.75 Å². The van der Waals surface area contributed by atoms with Gasteiger partial charge in [-0.15, -0.1) is 11.6 Å². The molecule has 20 heavy (non-hydrogen) atoms. The van der Waals surface area contributed by atoms with Crippen LogP contribution in [0.2, 0.25) is 0 Å². The number of halogens is 1. The van der Waals surface area contributed by atoms with E-state index < -0.39 is 0 Å². The predicted molar refractivity (Wildman–Crippen MR) is 83.0 cm³/mol. The molecule has 0 heterocycles. The van der Waals surface area contributed by atoms with Crippen LogP contribution in [0.4, 0.5) is 0 Å². The third kappa shape index (κ3) is 3.67. The molecule has 2 aromatic carbocycles. The summed E-state index contributed by atoms with van der Waals surface area (Å²) in [5, 5.41) is 0. The average molecular weight is 291 g/mol. The van der Waals surface area contributed by atoms with Crippen LogP contribution >= 0.6 is 11.6 Å². The molecule has 0 aliphatic rings. The second-order valence-corrected chi connectivity index (χ2v) is 4.91.